The second-order valence-electron chi connectivity index (χ2n) is 7.79. The number of rotatable bonds is 5. The molecule has 2 aromatic rings. The fourth-order valence-electron chi connectivity index (χ4n) is 4.54. The lowest BCUT2D eigenvalue weighted by Gasteiger charge is -2.37. The van der Waals surface area contributed by atoms with Crippen molar-refractivity contribution in [2.45, 2.75) is 37.8 Å². The molecule has 28 heavy (non-hydrogen) atoms. The summed E-state index contributed by atoms with van der Waals surface area (Å²) in [5, 5.41) is 0. The Hall–Kier alpha value is -2.44. The molecule has 6 heteroatoms. The van der Waals surface area contributed by atoms with Gasteiger partial charge in [-0.1, -0.05) is 36.4 Å². The maximum Gasteiger partial charge on any atom is 0.250 e. The highest BCUT2D eigenvalue weighted by Crippen LogP contribution is 2.31. The Morgan fingerprint density at radius 1 is 1.11 bits per heavy atom. The number of carbonyl (C=O) groups excluding carboxylic acids is 1. The molecular formula is C22H28N4O2. The number of hydrogen-bond acceptors (Lipinski definition) is 4. The predicted octanol–water partition coefficient (Wildman–Crippen LogP) is 1.74. The third-order valence-corrected chi connectivity index (χ3v) is 6.04. The minimum absolute atomic E-state index is 0.0567. The number of nitrogens with zero attached hydrogens (tertiary/aromatic N) is 2. The summed E-state index contributed by atoms with van der Waals surface area (Å²) in [4.78, 5) is 26.6. The predicted molar refractivity (Wildman–Crippen MR) is 109 cm³/mol. The van der Waals surface area contributed by atoms with E-state index < -0.39 is 0 Å². The SMILES string of the molecule is O=C(CCn1ccccc1=O)N1CCCC(C2NNCC2c2ccccc2)C1. The number of pyridine rings is 1. The third kappa shape index (κ3) is 4.18. The lowest BCUT2D eigenvalue weighted by atomic mass is 9.81. The van der Waals surface area contributed by atoms with E-state index in [0.717, 1.165) is 32.5 Å². The van der Waals surface area contributed by atoms with Crippen LogP contribution in [0.25, 0.3) is 0 Å². The number of hydrogen-bond donors (Lipinski definition) is 2. The molecule has 4 rings (SSSR count). The molecule has 0 saturated carbocycles. The summed E-state index contributed by atoms with van der Waals surface area (Å²) < 4.78 is 1.60. The number of carbonyl (C=O) groups is 1. The van der Waals surface area contributed by atoms with Gasteiger partial charge in [0.25, 0.3) is 5.56 Å². The van der Waals surface area contributed by atoms with E-state index in [2.05, 4.69) is 35.1 Å². The largest absolute Gasteiger partial charge is 0.342 e. The van der Waals surface area contributed by atoms with Gasteiger partial charge in [-0.05, 0) is 30.4 Å². The van der Waals surface area contributed by atoms with Crippen molar-refractivity contribution in [2.75, 3.05) is 19.6 Å². The molecular weight excluding hydrogens is 352 g/mol. The van der Waals surface area contributed by atoms with E-state index in [1.54, 1.807) is 16.8 Å². The molecule has 3 unspecified atom stereocenters. The van der Waals surface area contributed by atoms with Crippen LogP contribution >= 0.6 is 0 Å². The van der Waals surface area contributed by atoms with Crippen LogP contribution in [0.5, 0.6) is 0 Å². The first-order valence-corrected chi connectivity index (χ1v) is 10.2. The van der Waals surface area contributed by atoms with E-state index in [4.69, 9.17) is 0 Å². The number of aromatic nitrogens is 1. The molecule has 1 aromatic heterocycles. The Balaban J connectivity index is 1.38. The Morgan fingerprint density at radius 3 is 2.75 bits per heavy atom. The average molecular weight is 380 g/mol. The number of benzene rings is 1. The van der Waals surface area contributed by atoms with Gasteiger partial charge in [0.15, 0.2) is 0 Å². The van der Waals surface area contributed by atoms with Gasteiger partial charge in [-0.25, -0.2) is 0 Å². The minimum Gasteiger partial charge on any atom is -0.342 e. The highest BCUT2D eigenvalue weighted by Gasteiger charge is 2.37. The van der Waals surface area contributed by atoms with E-state index in [0.29, 0.717) is 30.8 Å². The fourth-order valence-corrected chi connectivity index (χ4v) is 4.54. The molecule has 148 valence electrons. The molecule has 2 saturated heterocycles. The monoisotopic (exact) mass is 380 g/mol. The molecule has 6 nitrogen and oxygen atoms in total. The zero-order valence-corrected chi connectivity index (χ0v) is 16.1. The molecule has 1 aromatic carbocycles. The van der Waals surface area contributed by atoms with Crippen molar-refractivity contribution in [3.05, 3.63) is 70.6 Å². The molecule has 2 N–H and O–H groups in total. The summed E-state index contributed by atoms with van der Waals surface area (Å²) in [5.74, 6) is 0.990. The Morgan fingerprint density at radius 2 is 1.93 bits per heavy atom. The van der Waals surface area contributed by atoms with Crippen molar-refractivity contribution in [3.63, 3.8) is 0 Å². The van der Waals surface area contributed by atoms with Gasteiger partial charge in [-0.3, -0.25) is 20.4 Å². The first-order valence-electron chi connectivity index (χ1n) is 10.2. The van der Waals surface area contributed by atoms with E-state index >= 15 is 0 Å². The smallest absolute Gasteiger partial charge is 0.250 e. The van der Waals surface area contributed by atoms with Crippen LogP contribution in [0, 0.1) is 5.92 Å². The van der Waals surface area contributed by atoms with E-state index in [1.165, 1.54) is 11.6 Å². The second kappa shape index (κ2) is 8.71. The number of nitrogens with one attached hydrogen (secondary N) is 2. The molecule has 3 heterocycles. The van der Waals surface area contributed by atoms with Crippen molar-refractivity contribution in [1.82, 2.24) is 20.3 Å². The van der Waals surface area contributed by atoms with Crippen molar-refractivity contribution in [2.24, 2.45) is 5.92 Å². The fraction of sp³-hybridized carbons (Fsp3) is 0.455. The normalized spacial score (nSPS) is 25.0. The number of aryl methyl sites for hydroxylation is 1. The van der Waals surface area contributed by atoms with Gasteiger partial charge in [0, 0.05) is 56.8 Å². The standard InChI is InChI=1S/C22H28N4O2/c27-20-10-4-5-12-25(20)14-11-21(28)26-13-6-9-18(16-26)22-19(15-23-24-22)17-7-2-1-3-8-17/h1-5,7-8,10,12,18-19,22-24H,6,9,11,13-16H2. The average Bonchev–Trinajstić information content (AvgIpc) is 3.24. The van der Waals surface area contributed by atoms with Gasteiger partial charge < -0.3 is 9.47 Å². The molecule has 0 aliphatic carbocycles. The summed E-state index contributed by atoms with van der Waals surface area (Å²) >= 11 is 0. The van der Waals surface area contributed by atoms with E-state index in [-0.39, 0.29) is 11.5 Å². The van der Waals surface area contributed by atoms with Gasteiger partial charge in [0.05, 0.1) is 0 Å². The van der Waals surface area contributed by atoms with E-state index in [9.17, 15) is 9.59 Å². The second-order valence-corrected chi connectivity index (χ2v) is 7.79. The zero-order chi connectivity index (χ0) is 19.3. The molecule has 2 fully saturated rings. The summed E-state index contributed by atoms with van der Waals surface area (Å²) in [6.07, 6.45) is 4.27. The van der Waals surface area contributed by atoms with Crippen molar-refractivity contribution < 1.29 is 4.79 Å². The Bertz CT molecular complexity index is 851. The van der Waals surface area contributed by atoms with Crippen LogP contribution in [0.15, 0.2) is 59.5 Å². The topological polar surface area (TPSA) is 66.4 Å². The highest BCUT2D eigenvalue weighted by atomic mass is 16.2. The van der Waals surface area contributed by atoms with Gasteiger partial charge in [-0.15, -0.1) is 0 Å². The first-order chi connectivity index (χ1) is 13.7. The van der Waals surface area contributed by atoms with Crippen LogP contribution in [0.3, 0.4) is 0 Å². The maximum atomic E-state index is 12.8. The van der Waals surface area contributed by atoms with Crippen molar-refractivity contribution >= 4 is 5.91 Å². The number of likely N-dealkylation sites (tertiary alicyclic amines) is 1. The van der Waals surface area contributed by atoms with Crippen LogP contribution < -0.4 is 16.4 Å². The van der Waals surface area contributed by atoms with Crippen LogP contribution in [0.2, 0.25) is 0 Å². The number of amides is 1. The van der Waals surface area contributed by atoms with Crippen molar-refractivity contribution in [3.8, 4) is 0 Å². The van der Waals surface area contributed by atoms with Crippen LogP contribution in [-0.4, -0.2) is 41.1 Å². The van der Waals surface area contributed by atoms with Gasteiger partial charge in [-0.2, -0.15) is 0 Å². The summed E-state index contributed by atoms with van der Waals surface area (Å²) in [7, 11) is 0. The molecule has 0 radical (unpaired) electrons. The van der Waals surface area contributed by atoms with E-state index in [1.807, 2.05) is 17.0 Å². The number of piperidine rings is 1. The van der Waals surface area contributed by atoms with Crippen molar-refractivity contribution in [1.29, 1.82) is 0 Å². The molecule has 1 amide bonds. The van der Waals surface area contributed by atoms with Crippen LogP contribution in [0.1, 0.15) is 30.7 Å². The summed E-state index contributed by atoms with van der Waals surface area (Å²) in [5.41, 5.74) is 8.08. The molecule has 2 aliphatic heterocycles. The lowest BCUT2D eigenvalue weighted by Crippen LogP contribution is -2.48. The lowest BCUT2D eigenvalue weighted by molar-refractivity contribution is -0.133. The quantitative estimate of drug-likeness (QED) is 0.829. The minimum atomic E-state index is -0.0567. The molecule has 2 aliphatic rings. The zero-order valence-electron chi connectivity index (χ0n) is 16.1. The van der Waals surface area contributed by atoms with Gasteiger partial charge >= 0.3 is 0 Å². The summed E-state index contributed by atoms with van der Waals surface area (Å²) in [6.45, 7) is 2.95. The maximum absolute atomic E-state index is 12.8. The molecule has 0 bridgehead atoms. The van der Waals surface area contributed by atoms with Gasteiger partial charge in [0.2, 0.25) is 5.91 Å². The highest BCUT2D eigenvalue weighted by molar-refractivity contribution is 5.76. The Kier molecular flexibility index (Phi) is 5.88. The third-order valence-electron chi connectivity index (χ3n) is 6.04. The van der Waals surface area contributed by atoms with Crippen LogP contribution in [0.4, 0.5) is 0 Å². The Labute approximate surface area is 165 Å². The molecule has 0 spiro atoms. The number of hydrazine groups is 1. The molecule has 3 atom stereocenters. The summed E-state index contributed by atoms with van der Waals surface area (Å²) in [6, 6.07) is 16.0. The first kappa shape index (κ1) is 18.9. The van der Waals surface area contributed by atoms with Crippen LogP contribution in [-0.2, 0) is 11.3 Å². The van der Waals surface area contributed by atoms with Gasteiger partial charge in [0.1, 0.15) is 0 Å².